The standard InChI is InChI=1S/C20H18N2O5S/c1-12-4-3-5-14(8-12)21-20-22-19(25)17(28-20)10-13-6-7-15(16(9-13)26-2)27-11-18(23)24/h3-10H,11H2,1-2H3,(H,23,24)(H,21,22,25)/b17-10+. The lowest BCUT2D eigenvalue weighted by atomic mass is 10.2. The molecule has 2 aromatic rings. The minimum atomic E-state index is -1.08. The van der Waals surface area contributed by atoms with E-state index in [2.05, 4.69) is 10.3 Å². The number of benzene rings is 2. The third-order valence-corrected chi connectivity index (χ3v) is 4.63. The summed E-state index contributed by atoms with van der Waals surface area (Å²) in [5.74, 6) is -0.612. The maximum Gasteiger partial charge on any atom is 0.341 e. The Morgan fingerprint density at radius 3 is 2.79 bits per heavy atom. The number of aliphatic imine (C=N–C) groups is 1. The van der Waals surface area contributed by atoms with E-state index in [1.54, 1.807) is 24.3 Å². The molecule has 0 radical (unpaired) electrons. The average molecular weight is 398 g/mol. The van der Waals surface area contributed by atoms with Crippen molar-refractivity contribution >= 4 is 40.6 Å². The van der Waals surface area contributed by atoms with E-state index in [-0.39, 0.29) is 5.91 Å². The minimum absolute atomic E-state index is 0.235. The highest BCUT2D eigenvalue weighted by molar-refractivity contribution is 8.18. The number of carbonyl (C=O) groups excluding carboxylic acids is 1. The van der Waals surface area contributed by atoms with Crippen LogP contribution < -0.4 is 14.8 Å². The van der Waals surface area contributed by atoms with Crippen molar-refractivity contribution in [2.75, 3.05) is 13.7 Å². The molecule has 144 valence electrons. The van der Waals surface area contributed by atoms with Crippen LogP contribution in [0.15, 0.2) is 52.4 Å². The average Bonchev–Trinajstić information content (AvgIpc) is 2.99. The number of hydrogen-bond donors (Lipinski definition) is 2. The Balaban J connectivity index is 1.79. The quantitative estimate of drug-likeness (QED) is 0.724. The minimum Gasteiger partial charge on any atom is -0.493 e. The fraction of sp³-hybridized carbons (Fsp3) is 0.150. The van der Waals surface area contributed by atoms with Gasteiger partial charge >= 0.3 is 5.97 Å². The highest BCUT2D eigenvalue weighted by atomic mass is 32.2. The Kier molecular flexibility index (Phi) is 6.00. The van der Waals surface area contributed by atoms with Crippen molar-refractivity contribution in [1.29, 1.82) is 0 Å². The maximum atomic E-state index is 12.2. The molecule has 0 atom stereocenters. The molecule has 1 aliphatic heterocycles. The summed E-state index contributed by atoms with van der Waals surface area (Å²) in [4.78, 5) is 27.8. The van der Waals surface area contributed by atoms with Crippen LogP contribution in [0.2, 0.25) is 0 Å². The first-order valence-corrected chi connectivity index (χ1v) is 9.15. The summed E-state index contributed by atoms with van der Waals surface area (Å²) in [7, 11) is 1.46. The molecule has 0 spiro atoms. The normalized spacial score (nSPS) is 16.3. The first-order valence-electron chi connectivity index (χ1n) is 8.33. The molecule has 0 unspecified atom stereocenters. The number of thioether (sulfide) groups is 1. The number of nitrogens with zero attached hydrogens (tertiary/aromatic N) is 1. The number of nitrogens with one attached hydrogen (secondary N) is 1. The summed E-state index contributed by atoms with van der Waals surface area (Å²) in [6.07, 6.45) is 1.71. The fourth-order valence-corrected chi connectivity index (χ4v) is 3.32. The molecule has 1 saturated heterocycles. The van der Waals surface area contributed by atoms with E-state index >= 15 is 0 Å². The third-order valence-electron chi connectivity index (χ3n) is 3.72. The van der Waals surface area contributed by atoms with Crippen molar-refractivity contribution in [3.05, 3.63) is 58.5 Å². The van der Waals surface area contributed by atoms with Crippen molar-refractivity contribution in [3.8, 4) is 11.5 Å². The summed E-state index contributed by atoms with van der Waals surface area (Å²) in [6.45, 7) is 1.51. The molecule has 2 aromatic carbocycles. The molecule has 7 nitrogen and oxygen atoms in total. The Bertz CT molecular complexity index is 984. The van der Waals surface area contributed by atoms with Gasteiger partial charge in [0.15, 0.2) is 23.3 Å². The maximum absolute atomic E-state index is 12.2. The van der Waals surface area contributed by atoms with Gasteiger partial charge in [-0.15, -0.1) is 0 Å². The van der Waals surface area contributed by atoms with Gasteiger partial charge in [-0.1, -0.05) is 18.2 Å². The molecule has 2 N–H and O–H groups in total. The van der Waals surface area contributed by atoms with E-state index < -0.39 is 12.6 Å². The number of ether oxygens (including phenoxy) is 2. The monoisotopic (exact) mass is 398 g/mol. The zero-order valence-electron chi connectivity index (χ0n) is 15.3. The second-order valence-electron chi connectivity index (χ2n) is 5.91. The Labute approximate surface area is 166 Å². The zero-order chi connectivity index (χ0) is 20.1. The lowest BCUT2D eigenvalue weighted by molar-refractivity contribution is -0.139. The molecule has 0 aromatic heterocycles. The number of rotatable bonds is 6. The van der Waals surface area contributed by atoms with E-state index in [9.17, 15) is 9.59 Å². The number of methoxy groups -OCH3 is 1. The molecule has 0 bridgehead atoms. The Hall–Kier alpha value is -3.26. The summed E-state index contributed by atoms with van der Waals surface area (Å²) < 4.78 is 10.4. The van der Waals surface area contributed by atoms with Gasteiger partial charge < -0.3 is 19.9 Å². The summed E-state index contributed by atoms with van der Waals surface area (Å²) in [6, 6.07) is 12.7. The molecule has 1 fully saturated rings. The van der Waals surface area contributed by atoms with Gasteiger partial charge in [-0.2, -0.15) is 0 Å². The zero-order valence-corrected chi connectivity index (χ0v) is 16.1. The molecular weight excluding hydrogens is 380 g/mol. The number of carboxylic acid groups (broad SMARTS) is 1. The van der Waals surface area contributed by atoms with Crippen LogP contribution in [0.25, 0.3) is 6.08 Å². The largest absolute Gasteiger partial charge is 0.493 e. The van der Waals surface area contributed by atoms with Gasteiger partial charge in [0.2, 0.25) is 0 Å². The molecule has 1 aliphatic rings. The Morgan fingerprint density at radius 1 is 1.25 bits per heavy atom. The molecule has 0 saturated carbocycles. The summed E-state index contributed by atoms with van der Waals surface area (Å²) in [5, 5.41) is 12.0. The van der Waals surface area contributed by atoms with Crippen LogP contribution in [0.4, 0.5) is 5.69 Å². The van der Waals surface area contributed by atoms with Crippen LogP contribution in [-0.4, -0.2) is 35.9 Å². The number of aryl methyl sites for hydroxylation is 1. The topological polar surface area (TPSA) is 97.2 Å². The van der Waals surface area contributed by atoms with Crippen LogP contribution in [0, 0.1) is 6.92 Å². The second-order valence-corrected chi connectivity index (χ2v) is 6.94. The van der Waals surface area contributed by atoms with Gasteiger partial charge in [0, 0.05) is 0 Å². The van der Waals surface area contributed by atoms with Crippen LogP contribution in [0.1, 0.15) is 11.1 Å². The second kappa shape index (κ2) is 8.62. The lowest BCUT2D eigenvalue weighted by Crippen LogP contribution is -2.19. The number of amides is 1. The van der Waals surface area contributed by atoms with Crippen molar-refractivity contribution < 1.29 is 24.2 Å². The van der Waals surface area contributed by atoms with E-state index in [1.165, 1.54) is 18.9 Å². The highest BCUT2D eigenvalue weighted by Crippen LogP contribution is 2.32. The van der Waals surface area contributed by atoms with Crippen LogP contribution >= 0.6 is 11.8 Å². The molecule has 8 heteroatoms. The van der Waals surface area contributed by atoms with Crippen LogP contribution in [0.3, 0.4) is 0 Å². The van der Waals surface area contributed by atoms with Gasteiger partial charge in [0.25, 0.3) is 5.91 Å². The number of carboxylic acids is 1. The van der Waals surface area contributed by atoms with Crippen LogP contribution in [-0.2, 0) is 9.59 Å². The number of amidine groups is 1. The number of hydrogen-bond acceptors (Lipinski definition) is 6. The van der Waals surface area contributed by atoms with Gasteiger partial charge in [0.1, 0.15) is 0 Å². The molecule has 3 rings (SSSR count). The van der Waals surface area contributed by atoms with Crippen molar-refractivity contribution in [2.45, 2.75) is 6.92 Å². The number of carbonyl (C=O) groups is 2. The molecule has 1 heterocycles. The van der Waals surface area contributed by atoms with Gasteiger partial charge in [-0.05, 0) is 60.2 Å². The van der Waals surface area contributed by atoms with Gasteiger partial charge in [-0.25, -0.2) is 9.79 Å². The van der Waals surface area contributed by atoms with E-state index in [0.717, 1.165) is 11.3 Å². The van der Waals surface area contributed by atoms with E-state index in [1.807, 2.05) is 31.2 Å². The number of aliphatic carboxylic acids is 1. The predicted octanol–water partition coefficient (Wildman–Crippen LogP) is 3.36. The van der Waals surface area contributed by atoms with E-state index in [4.69, 9.17) is 14.6 Å². The summed E-state index contributed by atoms with van der Waals surface area (Å²) in [5.41, 5.74) is 2.57. The predicted molar refractivity (Wildman–Crippen MR) is 108 cm³/mol. The van der Waals surface area contributed by atoms with Crippen molar-refractivity contribution in [2.24, 2.45) is 4.99 Å². The van der Waals surface area contributed by atoms with E-state index in [0.29, 0.717) is 27.1 Å². The summed E-state index contributed by atoms with van der Waals surface area (Å²) >= 11 is 1.25. The molecular formula is C20H18N2O5S. The van der Waals surface area contributed by atoms with Crippen LogP contribution in [0.5, 0.6) is 11.5 Å². The first-order chi connectivity index (χ1) is 13.4. The first kappa shape index (κ1) is 19.5. The molecule has 1 amide bonds. The third kappa shape index (κ3) is 4.92. The molecule has 0 aliphatic carbocycles. The lowest BCUT2D eigenvalue weighted by Gasteiger charge is -2.09. The highest BCUT2D eigenvalue weighted by Gasteiger charge is 2.24. The molecule has 28 heavy (non-hydrogen) atoms. The van der Waals surface area contributed by atoms with Gasteiger partial charge in [-0.3, -0.25) is 4.79 Å². The van der Waals surface area contributed by atoms with Gasteiger partial charge in [0.05, 0.1) is 17.7 Å². The Morgan fingerprint density at radius 2 is 2.07 bits per heavy atom. The SMILES string of the molecule is COc1cc(/C=C2/SC(=Nc3cccc(C)c3)NC2=O)ccc1OCC(=O)O. The van der Waals surface area contributed by atoms with Crippen molar-refractivity contribution in [1.82, 2.24) is 5.32 Å². The fourth-order valence-electron chi connectivity index (χ4n) is 2.48. The van der Waals surface area contributed by atoms with Crippen molar-refractivity contribution in [3.63, 3.8) is 0 Å². The smallest absolute Gasteiger partial charge is 0.341 e.